The first-order chi connectivity index (χ1) is 14.6. The van der Waals surface area contributed by atoms with Gasteiger partial charge in [0.2, 0.25) is 16.0 Å². The second-order valence-electron chi connectivity index (χ2n) is 7.63. The van der Waals surface area contributed by atoms with E-state index in [1.165, 1.54) is 20.4 Å². The predicted molar refractivity (Wildman–Crippen MR) is 119 cm³/mol. The summed E-state index contributed by atoms with van der Waals surface area (Å²) in [5, 5.41) is 10.3. The second-order valence-corrected chi connectivity index (χ2v) is 9.67. The molecule has 0 radical (unpaired) electrons. The van der Waals surface area contributed by atoms with Crippen LogP contribution >= 0.6 is 0 Å². The highest BCUT2D eigenvalue weighted by atomic mass is 32.2. The van der Waals surface area contributed by atoms with Crippen LogP contribution in [0.15, 0.2) is 30.5 Å². The number of amides is 1. The zero-order valence-corrected chi connectivity index (χ0v) is 18.6. The van der Waals surface area contributed by atoms with Gasteiger partial charge in [-0.05, 0) is 67.0 Å². The highest BCUT2D eigenvalue weighted by Crippen LogP contribution is 2.35. The molecule has 10 heteroatoms. The van der Waals surface area contributed by atoms with Crippen LogP contribution in [0.2, 0.25) is 0 Å². The van der Waals surface area contributed by atoms with Crippen molar-refractivity contribution >= 4 is 27.6 Å². The number of aromatic nitrogens is 1. The number of hydrogen-bond donors (Lipinski definition) is 3. The van der Waals surface area contributed by atoms with E-state index >= 15 is 0 Å². The lowest BCUT2D eigenvalue weighted by Gasteiger charge is -2.28. The topological polar surface area (TPSA) is 138 Å². The van der Waals surface area contributed by atoms with E-state index in [9.17, 15) is 13.2 Å². The molecular formula is C21H27N5O4S. The van der Waals surface area contributed by atoms with E-state index in [-0.39, 0.29) is 17.6 Å². The first kappa shape index (κ1) is 22.5. The highest BCUT2D eigenvalue weighted by Gasteiger charge is 2.29. The molecule has 0 aliphatic heterocycles. The van der Waals surface area contributed by atoms with Gasteiger partial charge in [0.05, 0.1) is 19.1 Å². The van der Waals surface area contributed by atoms with E-state index in [0.717, 1.165) is 28.3 Å². The number of rotatable bonds is 6. The molecule has 2 aromatic rings. The van der Waals surface area contributed by atoms with Crippen LogP contribution in [-0.2, 0) is 16.4 Å². The molecule has 1 aliphatic carbocycles. The molecule has 1 amide bonds. The van der Waals surface area contributed by atoms with Gasteiger partial charge < -0.3 is 15.8 Å². The van der Waals surface area contributed by atoms with Gasteiger partial charge in [-0.1, -0.05) is 6.07 Å². The number of anilines is 1. The van der Waals surface area contributed by atoms with Crippen molar-refractivity contribution in [2.75, 3.05) is 25.2 Å². The molecule has 1 heterocycles. The summed E-state index contributed by atoms with van der Waals surface area (Å²) in [5.74, 6) is -0.682. The van der Waals surface area contributed by atoms with Gasteiger partial charge in [-0.2, -0.15) is 0 Å². The van der Waals surface area contributed by atoms with Gasteiger partial charge >= 0.3 is 0 Å². The van der Waals surface area contributed by atoms with Gasteiger partial charge in [0.15, 0.2) is 0 Å². The Kier molecular flexibility index (Phi) is 6.49. The number of sulfonamides is 1. The maximum absolute atomic E-state index is 12.7. The molecule has 1 aromatic heterocycles. The monoisotopic (exact) mass is 445 g/mol. The largest absolute Gasteiger partial charge is 0.495 e. The van der Waals surface area contributed by atoms with Crippen molar-refractivity contribution in [3.05, 3.63) is 52.8 Å². The fourth-order valence-corrected chi connectivity index (χ4v) is 5.13. The zero-order valence-electron chi connectivity index (χ0n) is 17.8. The summed E-state index contributed by atoms with van der Waals surface area (Å²) in [5.41, 5.74) is 8.86. The van der Waals surface area contributed by atoms with Crippen LogP contribution in [-0.4, -0.2) is 49.5 Å². The number of hydrogen-bond acceptors (Lipinski definition) is 6. The molecule has 0 spiro atoms. The van der Waals surface area contributed by atoms with Crippen molar-refractivity contribution in [2.24, 2.45) is 5.73 Å². The Morgan fingerprint density at radius 2 is 2.13 bits per heavy atom. The van der Waals surface area contributed by atoms with Crippen LogP contribution in [0.1, 0.15) is 45.9 Å². The second kappa shape index (κ2) is 8.93. The van der Waals surface area contributed by atoms with Crippen molar-refractivity contribution in [1.29, 1.82) is 5.41 Å². The number of methoxy groups -OCH3 is 1. The molecule has 0 bridgehead atoms. The van der Waals surface area contributed by atoms with Crippen molar-refractivity contribution in [3.8, 4) is 5.75 Å². The average Bonchev–Trinajstić information content (AvgIpc) is 2.73. The third kappa shape index (κ3) is 4.96. The Bertz CT molecular complexity index is 1120. The van der Waals surface area contributed by atoms with Crippen LogP contribution in [0.3, 0.4) is 0 Å². The minimum atomic E-state index is -3.72. The summed E-state index contributed by atoms with van der Waals surface area (Å²) in [6, 6.07) is 7.31. The van der Waals surface area contributed by atoms with Crippen molar-refractivity contribution in [3.63, 3.8) is 0 Å². The van der Waals surface area contributed by atoms with Gasteiger partial charge in [-0.3, -0.25) is 10.2 Å². The molecule has 0 saturated heterocycles. The quantitative estimate of drug-likeness (QED) is 0.460. The summed E-state index contributed by atoms with van der Waals surface area (Å²) >= 11 is 0. The number of aryl methyl sites for hydroxylation is 2. The van der Waals surface area contributed by atoms with Crippen LogP contribution in [0.25, 0.3) is 0 Å². The Morgan fingerprint density at radius 3 is 2.77 bits per heavy atom. The Labute approximate surface area is 182 Å². The van der Waals surface area contributed by atoms with E-state index in [0.29, 0.717) is 29.1 Å². The fraction of sp³-hybridized carbons (Fsp3) is 0.381. The van der Waals surface area contributed by atoms with E-state index < -0.39 is 16.0 Å². The van der Waals surface area contributed by atoms with Gasteiger partial charge in [-0.25, -0.2) is 17.7 Å². The molecule has 1 atom stereocenters. The lowest BCUT2D eigenvalue weighted by Crippen LogP contribution is -2.40. The minimum absolute atomic E-state index is 0.146. The normalized spacial score (nSPS) is 15.6. The van der Waals surface area contributed by atoms with E-state index in [2.05, 4.69) is 10.3 Å². The van der Waals surface area contributed by atoms with Gasteiger partial charge in [0.1, 0.15) is 11.4 Å². The van der Waals surface area contributed by atoms with E-state index in [4.69, 9.17) is 15.9 Å². The number of carbonyl (C=O) groups excluding carboxylic acids is 1. The molecule has 31 heavy (non-hydrogen) atoms. The van der Waals surface area contributed by atoms with Crippen molar-refractivity contribution in [2.45, 2.75) is 32.1 Å². The van der Waals surface area contributed by atoms with Gasteiger partial charge in [0, 0.05) is 12.7 Å². The number of nitrogens with zero attached hydrogens (tertiary/aromatic N) is 2. The lowest BCUT2D eigenvalue weighted by molar-refractivity contribution is 0.102. The molecule has 1 aliphatic rings. The first-order valence-corrected chi connectivity index (χ1v) is 11.5. The third-order valence-electron chi connectivity index (χ3n) is 5.51. The predicted octanol–water partition coefficient (Wildman–Crippen LogP) is 2.23. The van der Waals surface area contributed by atoms with E-state index in [1.807, 2.05) is 18.2 Å². The molecule has 166 valence electrons. The Hall–Kier alpha value is -3.14. The standard InChI is InChI=1S/C21H27N5O4S/c1-13-9-17(30-3)11-24-19(13)20(27)25-16-8-7-14-5-4-6-15(18(14)10-16)12-31(28,29)26(2)21(22)23/h7-11,15H,4-6,12H2,1-3H3,(H3,22,23)(H,25,27). The Morgan fingerprint density at radius 1 is 1.39 bits per heavy atom. The molecule has 4 N–H and O–H groups in total. The molecule has 3 rings (SSSR count). The van der Waals surface area contributed by atoms with Crippen LogP contribution in [0, 0.1) is 12.3 Å². The average molecular weight is 446 g/mol. The number of fused-ring (bicyclic) bond motifs is 1. The van der Waals surface area contributed by atoms with Crippen LogP contribution < -0.4 is 15.8 Å². The molecular weight excluding hydrogens is 418 g/mol. The highest BCUT2D eigenvalue weighted by molar-refractivity contribution is 7.89. The lowest BCUT2D eigenvalue weighted by atomic mass is 9.83. The number of carbonyl (C=O) groups is 1. The maximum Gasteiger partial charge on any atom is 0.274 e. The zero-order chi connectivity index (χ0) is 22.8. The summed E-state index contributed by atoms with van der Waals surface area (Å²) in [6.45, 7) is 1.78. The summed E-state index contributed by atoms with van der Waals surface area (Å²) < 4.78 is 31.1. The van der Waals surface area contributed by atoms with Crippen LogP contribution in [0.4, 0.5) is 5.69 Å². The molecule has 1 aromatic carbocycles. The van der Waals surface area contributed by atoms with Crippen LogP contribution in [0.5, 0.6) is 5.75 Å². The SMILES string of the molecule is COc1cnc(C(=O)Nc2ccc3c(c2)C(CS(=O)(=O)N(C)C(=N)N)CCC3)c(C)c1. The van der Waals surface area contributed by atoms with Crippen molar-refractivity contribution in [1.82, 2.24) is 9.29 Å². The summed E-state index contributed by atoms with van der Waals surface area (Å²) in [6.07, 6.45) is 3.91. The smallest absolute Gasteiger partial charge is 0.274 e. The molecule has 0 saturated carbocycles. The number of pyridine rings is 1. The molecule has 0 fully saturated rings. The third-order valence-corrected chi connectivity index (χ3v) is 7.37. The molecule has 9 nitrogen and oxygen atoms in total. The first-order valence-electron chi connectivity index (χ1n) is 9.88. The van der Waals surface area contributed by atoms with Gasteiger partial charge in [0.25, 0.3) is 5.91 Å². The summed E-state index contributed by atoms with van der Waals surface area (Å²) in [7, 11) is -0.903. The Balaban J connectivity index is 1.84. The van der Waals surface area contributed by atoms with Crippen molar-refractivity contribution < 1.29 is 17.9 Å². The van der Waals surface area contributed by atoms with E-state index in [1.54, 1.807) is 13.0 Å². The number of ether oxygens (including phenoxy) is 1. The number of nitrogens with one attached hydrogen (secondary N) is 2. The van der Waals surface area contributed by atoms with Gasteiger partial charge in [-0.15, -0.1) is 0 Å². The minimum Gasteiger partial charge on any atom is -0.495 e. The maximum atomic E-state index is 12.7. The number of benzene rings is 1. The fourth-order valence-electron chi connectivity index (χ4n) is 3.75. The summed E-state index contributed by atoms with van der Waals surface area (Å²) in [4.78, 5) is 16.9. The number of guanidine groups is 1. The number of nitrogens with two attached hydrogens (primary N) is 1. The molecule has 1 unspecified atom stereocenters.